The molecule has 39 heavy (non-hydrogen) atoms. The molecule has 3 N–H and O–H groups in total. The summed E-state index contributed by atoms with van der Waals surface area (Å²) in [7, 11) is 0. The molecule has 4 rings (SSSR count). The Morgan fingerprint density at radius 2 is 2.00 bits per heavy atom. The van der Waals surface area contributed by atoms with Crippen molar-refractivity contribution in [2.75, 3.05) is 6.54 Å². The van der Waals surface area contributed by atoms with Crippen molar-refractivity contribution in [3.05, 3.63) is 23.9 Å². The molecule has 0 radical (unpaired) electrons. The number of nitrogens with zero attached hydrogens (tertiary/aromatic N) is 3. The Kier molecular flexibility index (Phi) is 8.23. The minimum absolute atomic E-state index is 0.128. The lowest BCUT2D eigenvalue weighted by Gasteiger charge is -2.35. The van der Waals surface area contributed by atoms with Crippen LogP contribution in [0.15, 0.2) is 12.4 Å². The van der Waals surface area contributed by atoms with E-state index in [1.807, 2.05) is 34.6 Å². The van der Waals surface area contributed by atoms with E-state index in [1.54, 1.807) is 17.2 Å². The van der Waals surface area contributed by atoms with Crippen LogP contribution in [0.4, 0.5) is 4.79 Å². The number of carbonyl (C=O) groups is 3. The molecule has 3 aliphatic rings. The summed E-state index contributed by atoms with van der Waals surface area (Å²) in [6.45, 7) is 11.2. The van der Waals surface area contributed by atoms with Crippen LogP contribution in [-0.4, -0.2) is 63.0 Å². The highest BCUT2D eigenvalue weighted by Crippen LogP contribution is 2.49. The van der Waals surface area contributed by atoms with E-state index in [-0.39, 0.29) is 24.2 Å². The molecule has 3 heterocycles. The van der Waals surface area contributed by atoms with Crippen LogP contribution in [-0.2, 0) is 20.7 Å². The first kappa shape index (κ1) is 28.8. The number of hydrogen-bond acceptors (Lipinski definition) is 8. The quantitative estimate of drug-likeness (QED) is 0.579. The Balaban J connectivity index is 1.69. The maximum Gasteiger partial charge on any atom is 0.408 e. The fourth-order valence-electron chi connectivity index (χ4n) is 5.95. The summed E-state index contributed by atoms with van der Waals surface area (Å²) < 4.78 is 12.3. The van der Waals surface area contributed by atoms with Crippen molar-refractivity contribution in [2.45, 2.75) is 104 Å². The van der Waals surface area contributed by atoms with Gasteiger partial charge in [-0.2, -0.15) is 0 Å². The molecule has 214 valence electrons. The van der Waals surface area contributed by atoms with Crippen molar-refractivity contribution in [1.29, 1.82) is 0 Å². The third-order valence-corrected chi connectivity index (χ3v) is 8.39. The van der Waals surface area contributed by atoms with Crippen molar-refractivity contribution in [1.82, 2.24) is 20.2 Å². The van der Waals surface area contributed by atoms with Crippen LogP contribution in [0.25, 0.3) is 6.08 Å². The first-order valence-electron chi connectivity index (χ1n) is 14.1. The zero-order valence-electron chi connectivity index (χ0n) is 24.0. The molecule has 1 aliphatic carbocycles. The third kappa shape index (κ3) is 6.36. The van der Waals surface area contributed by atoms with E-state index in [0.717, 1.165) is 37.8 Å². The molecule has 2 amide bonds. The van der Waals surface area contributed by atoms with Gasteiger partial charge in [-0.25, -0.2) is 14.8 Å². The number of nitrogens with two attached hydrogens (primary N) is 1. The SMILES string of the molecule is CC(=O)[C@@H]1[C@H](C)[C@@H]2CN1C(=O)[C@H](C(C)(C)C)NC(=O)O[C@]1(C)C[C@H]1CCCCCc1nc(C=CN)ncc1O2. The van der Waals surface area contributed by atoms with Crippen molar-refractivity contribution >= 4 is 23.9 Å². The van der Waals surface area contributed by atoms with Gasteiger partial charge in [-0.05, 0) is 57.2 Å². The smallest absolute Gasteiger partial charge is 0.408 e. The highest BCUT2D eigenvalue weighted by molar-refractivity contribution is 5.92. The second kappa shape index (κ2) is 11.1. The lowest BCUT2D eigenvalue weighted by molar-refractivity contribution is -0.141. The summed E-state index contributed by atoms with van der Waals surface area (Å²) in [4.78, 5) is 50.4. The first-order valence-corrected chi connectivity index (χ1v) is 14.1. The van der Waals surface area contributed by atoms with Crippen LogP contribution in [0.3, 0.4) is 0 Å². The number of ketones is 1. The number of amides is 2. The number of nitrogens with one attached hydrogen (secondary N) is 1. The Hall–Kier alpha value is -3.17. The van der Waals surface area contributed by atoms with Gasteiger partial charge in [-0.1, -0.05) is 40.5 Å². The largest absolute Gasteiger partial charge is 0.485 e. The minimum Gasteiger partial charge on any atom is -0.485 e. The summed E-state index contributed by atoms with van der Waals surface area (Å²) in [6.07, 6.45) is 9.08. The van der Waals surface area contributed by atoms with Gasteiger partial charge in [0.25, 0.3) is 0 Å². The molecule has 10 nitrogen and oxygen atoms in total. The third-order valence-electron chi connectivity index (χ3n) is 8.39. The molecule has 6 atom stereocenters. The van der Waals surface area contributed by atoms with E-state index in [0.29, 0.717) is 23.9 Å². The van der Waals surface area contributed by atoms with Crippen molar-refractivity contribution in [3.8, 4) is 5.75 Å². The van der Waals surface area contributed by atoms with Gasteiger partial charge in [-0.15, -0.1) is 0 Å². The molecular weight excluding hydrogens is 498 g/mol. The van der Waals surface area contributed by atoms with E-state index >= 15 is 0 Å². The molecule has 10 heteroatoms. The van der Waals surface area contributed by atoms with E-state index in [2.05, 4.69) is 15.3 Å². The van der Waals surface area contributed by atoms with Gasteiger partial charge in [0.05, 0.1) is 24.5 Å². The van der Waals surface area contributed by atoms with Gasteiger partial charge in [0.1, 0.15) is 17.7 Å². The Morgan fingerprint density at radius 3 is 2.67 bits per heavy atom. The predicted molar refractivity (Wildman–Crippen MR) is 147 cm³/mol. The summed E-state index contributed by atoms with van der Waals surface area (Å²) in [6, 6.07) is -1.56. The van der Waals surface area contributed by atoms with Gasteiger partial charge in [0.2, 0.25) is 5.91 Å². The summed E-state index contributed by atoms with van der Waals surface area (Å²) in [5.41, 5.74) is 5.22. The monoisotopic (exact) mass is 541 g/mol. The predicted octanol–water partition coefficient (Wildman–Crippen LogP) is 3.63. The molecule has 1 aromatic heterocycles. The Bertz CT molecular complexity index is 1130. The number of rotatable bonds is 2. The maximum atomic E-state index is 14.0. The fourth-order valence-corrected chi connectivity index (χ4v) is 5.95. The number of ether oxygens (including phenoxy) is 2. The molecule has 2 aliphatic heterocycles. The zero-order chi connectivity index (χ0) is 28.5. The van der Waals surface area contributed by atoms with Gasteiger partial charge in [0, 0.05) is 11.8 Å². The van der Waals surface area contributed by atoms with E-state index < -0.39 is 35.3 Å². The molecule has 2 bridgehead atoms. The van der Waals surface area contributed by atoms with E-state index in [9.17, 15) is 14.4 Å². The van der Waals surface area contributed by atoms with E-state index in [4.69, 9.17) is 15.2 Å². The van der Waals surface area contributed by atoms with E-state index in [1.165, 1.54) is 13.1 Å². The summed E-state index contributed by atoms with van der Waals surface area (Å²) in [5, 5.41) is 2.84. The zero-order valence-corrected chi connectivity index (χ0v) is 24.0. The van der Waals surface area contributed by atoms with Crippen LogP contribution < -0.4 is 15.8 Å². The maximum absolute atomic E-state index is 14.0. The number of Topliss-reactive ketones (excluding diaryl/α,β-unsaturated/α-hetero) is 1. The number of aryl methyl sites for hydroxylation is 1. The minimum atomic E-state index is -0.876. The molecule has 1 saturated carbocycles. The highest BCUT2D eigenvalue weighted by Gasteiger charge is 2.54. The molecule has 1 aromatic rings. The summed E-state index contributed by atoms with van der Waals surface area (Å²) >= 11 is 0. The molecular formula is C29H43N5O5. The standard InChI is InChI=1S/C29H43N5O5/c1-17-22-16-34(24(17)18(2)35)26(36)25(28(3,4)5)33-27(37)39-29(6)14-19(29)10-8-7-9-11-20-21(38-22)15-31-23(32-20)12-13-30/h12-13,15,17,19,22,24-25H,7-11,14,16,30H2,1-6H3,(H,33,37)/t17-,19-,22+,24+,25-,29-/m1/s1. The summed E-state index contributed by atoms with van der Waals surface area (Å²) in [5.74, 6) is 0.640. The van der Waals surface area contributed by atoms with Crippen LogP contribution >= 0.6 is 0 Å². The average molecular weight is 542 g/mol. The lowest BCUT2D eigenvalue weighted by atomic mass is 9.85. The second-order valence-electron chi connectivity index (χ2n) is 12.6. The van der Waals surface area contributed by atoms with Crippen molar-refractivity contribution < 1.29 is 23.9 Å². The number of hydrogen-bond donors (Lipinski definition) is 2. The van der Waals surface area contributed by atoms with Crippen LogP contribution in [0.2, 0.25) is 0 Å². The molecule has 2 fully saturated rings. The van der Waals surface area contributed by atoms with Crippen LogP contribution in [0.1, 0.15) is 85.2 Å². The molecule has 0 aromatic carbocycles. The molecule has 0 spiro atoms. The Labute approximate surface area is 231 Å². The molecule has 0 unspecified atom stereocenters. The topological polar surface area (TPSA) is 137 Å². The van der Waals surface area contributed by atoms with Crippen LogP contribution in [0.5, 0.6) is 5.75 Å². The number of aromatic nitrogens is 2. The number of carbonyl (C=O) groups excluding carboxylic acids is 3. The van der Waals surface area contributed by atoms with Crippen molar-refractivity contribution in [3.63, 3.8) is 0 Å². The lowest BCUT2D eigenvalue weighted by Crippen LogP contribution is -2.57. The van der Waals surface area contributed by atoms with Crippen molar-refractivity contribution in [2.24, 2.45) is 23.0 Å². The number of alkyl carbamates (subject to hydrolysis) is 1. The van der Waals surface area contributed by atoms with Gasteiger partial charge >= 0.3 is 6.09 Å². The first-order chi connectivity index (χ1) is 18.3. The van der Waals surface area contributed by atoms with Gasteiger partial charge in [-0.3, -0.25) is 9.59 Å². The molecule has 1 saturated heterocycles. The average Bonchev–Trinajstić information content (AvgIpc) is 3.35. The number of fused-ring (bicyclic) bond motifs is 4. The normalized spacial score (nSPS) is 32.3. The second-order valence-corrected chi connectivity index (χ2v) is 12.6. The van der Waals surface area contributed by atoms with Crippen LogP contribution in [0, 0.1) is 17.3 Å². The van der Waals surface area contributed by atoms with Gasteiger partial charge < -0.3 is 25.4 Å². The Morgan fingerprint density at radius 1 is 1.26 bits per heavy atom. The van der Waals surface area contributed by atoms with Gasteiger partial charge in [0.15, 0.2) is 17.4 Å². The highest BCUT2D eigenvalue weighted by atomic mass is 16.6. The fraction of sp³-hybridized carbons (Fsp3) is 0.690.